The molecular formula is C17H31NO. The Morgan fingerprint density at radius 2 is 1.89 bits per heavy atom. The van der Waals surface area contributed by atoms with Crippen LogP contribution in [-0.2, 0) is 4.74 Å². The van der Waals surface area contributed by atoms with Gasteiger partial charge >= 0.3 is 0 Å². The normalized spacial score (nSPS) is 46.1. The predicted octanol–water partition coefficient (Wildman–Crippen LogP) is 3.90. The third kappa shape index (κ3) is 2.25. The number of hydrogen-bond acceptors (Lipinski definition) is 2. The van der Waals surface area contributed by atoms with Crippen molar-refractivity contribution in [3.05, 3.63) is 0 Å². The molecule has 2 heterocycles. The molecular weight excluding hydrogens is 234 g/mol. The molecule has 0 aromatic carbocycles. The molecule has 2 heteroatoms. The van der Waals surface area contributed by atoms with Gasteiger partial charge in [0.2, 0.25) is 0 Å². The number of ether oxygens (including phenoxy) is 1. The van der Waals surface area contributed by atoms with E-state index in [1.807, 2.05) is 0 Å². The van der Waals surface area contributed by atoms with Crippen molar-refractivity contribution in [2.75, 3.05) is 6.54 Å². The zero-order chi connectivity index (χ0) is 13.8. The minimum Gasteiger partial charge on any atom is -0.360 e. The molecule has 110 valence electrons. The zero-order valence-corrected chi connectivity index (χ0v) is 13.4. The van der Waals surface area contributed by atoms with E-state index >= 15 is 0 Å². The van der Waals surface area contributed by atoms with Gasteiger partial charge in [0.15, 0.2) is 0 Å². The summed E-state index contributed by atoms with van der Waals surface area (Å²) in [6.45, 7) is 13.3. The van der Waals surface area contributed by atoms with Crippen LogP contribution in [0.4, 0.5) is 0 Å². The van der Waals surface area contributed by atoms with E-state index in [0.29, 0.717) is 17.9 Å². The second kappa shape index (κ2) is 4.73. The van der Waals surface area contributed by atoms with E-state index in [-0.39, 0.29) is 0 Å². The van der Waals surface area contributed by atoms with Gasteiger partial charge < -0.3 is 4.74 Å². The molecule has 0 radical (unpaired) electrons. The van der Waals surface area contributed by atoms with Crippen molar-refractivity contribution in [1.29, 1.82) is 0 Å². The molecule has 0 amide bonds. The predicted molar refractivity (Wildman–Crippen MR) is 78.9 cm³/mol. The molecule has 0 aromatic heterocycles. The van der Waals surface area contributed by atoms with Gasteiger partial charge in [-0.25, -0.2) is 0 Å². The molecule has 0 unspecified atom stereocenters. The summed E-state index contributed by atoms with van der Waals surface area (Å²) in [5.41, 5.74) is 0.331. The Labute approximate surface area is 118 Å². The van der Waals surface area contributed by atoms with Gasteiger partial charge in [0.05, 0.1) is 6.10 Å². The molecule has 0 spiro atoms. The maximum atomic E-state index is 6.53. The SMILES string of the molecule is CC(C)[C@H]1C[C@@H]2O[C@@H]3C[C@H](C)CC[C@H]3C(C)(C)N2C1. The summed E-state index contributed by atoms with van der Waals surface area (Å²) in [5, 5.41) is 0. The molecule has 3 aliphatic rings. The highest BCUT2D eigenvalue weighted by atomic mass is 16.5. The van der Waals surface area contributed by atoms with Crippen molar-refractivity contribution >= 4 is 0 Å². The number of fused-ring (bicyclic) bond motifs is 2. The smallest absolute Gasteiger partial charge is 0.111 e. The molecule has 2 aliphatic heterocycles. The highest BCUT2D eigenvalue weighted by molar-refractivity contribution is 5.03. The van der Waals surface area contributed by atoms with E-state index in [9.17, 15) is 0 Å². The van der Waals surface area contributed by atoms with Crippen LogP contribution in [0.2, 0.25) is 0 Å². The first-order chi connectivity index (χ1) is 8.89. The molecule has 0 aromatic rings. The molecule has 5 atom stereocenters. The lowest BCUT2D eigenvalue weighted by atomic mass is 9.70. The number of hydrogen-bond donors (Lipinski definition) is 0. The quantitative estimate of drug-likeness (QED) is 0.713. The van der Waals surface area contributed by atoms with E-state index in [4.69, 9.17) is 4.74 Å². The van der Waals surface area contributed by atoms with Gasteiger partial charge in [0.1, 0.15) is 6.23 Å². The Hall–Kier alpha value is -0.0800. The number of rotatable bonds is 1. The monoisotopic (exact) mass is 265 g/mol. The first-order valence-corrected chi connectivity index (χ1v) is 8.31. The van der Waals surface area contributed by atoms with Crippen molar-refractivity contribution in [2.45, 2.75) is 78.2 Å². The van der Waals surface area contributed by atoms with Crippen LogP contribution in [0, 0.1) is 23.7 Å². The van der Waals surface area contributed by atoms with Crippen LogP contribution < -0.4 is 0 Å². The van der Waals surface area contributed by atoms with Crippen LogP contribution in [-0.4, -0.2) is 29.3 Å². The Morgan fingerprint density at radius 1 is 1.16 bits per heavy atom. The van der Waals surface area contributed by atoms with E-state index < -0.39 is 0 Å². The van der Waals surface area contributed by atoms with Gasteiger partial charge in [-0.1, -0.05) is 27.2 Å². The molecule has 1 aliphatic carbocycles. The van der Waals surface area contributed by atoms with Crippen LogP contribution in [0.15, 0.2) is 0 Å². The Bertz CT molecular complexity index is 338. The largest absolute Gasteiger partial charge is 0.360 e. The standard InChI is InChI=1S/C17H31NO/c1-11(2)13-9-16-18(10-13)17(4,5)14-7-6-12(3)8-15(14)19-16/h11-16H,6-10H2,1-5H3/t12-,13+,14-,15-,16+/m1/s1. The van der Waals surface area contributed by atoms with Crippen molar-refractivity contribution in [3.63, 3.8) is 0 Å². The Morgan fingerprint density at radius 3 is 2.58 bits per heavy atom. The summed E-state index contributed by atoms with van der Waals surface area (Å²) < 4.78 is 6.53. The minimum atomic E-state index is 0.331. The van der Waals surface area contributed by atoms with Gasteiger partial charge in [-0.2, -0.15) is 0 Å². The first-order valence-electron chi connectivity index (χ1n) is 8.31. The summed E-state index contributed by atoms with van der Waals surface area (Å²) in [6, 6.07) is 0. The fraction of sp³-hybridized carbons (Fsp3) is 1.00. The molecule has 2 nitrogen and oxygen atoms in total. The molecule has 19 heavy (non-hydrogen) atoms. The fourth-order valence-corrected chi connectivity index (χ4v) is 4.75. The minimum absolute atomic E-state index is 0.331. The highest BCUT2D eigenvalue weighted by Gasteiger charge is 2.53. The fourth-order valence-electron chi connectivity index (χ4n) is 4.75. The van der Waals surface area contributed by atoms with Crippen LogP contribution in [0.3, 0.4) is 0 Å². The van der Waals surface area contributed by atoms with Crippen LogP contribution >= 0.6 is 0 Å². The van der Waals surface area contributed by atoms with Crippen LogP contribution in [0.25, 0.3) is 0 Å². The summed E-state index contributed by atoms with van der Waals surface area (Å²) in [4.78, 5) is 2.69. The van der Waals surface area contributed by atoms with Crippen molar-refractivity contribution in [2.24, 2.45) is 23.7 Å². The summed E-state index contributed by atoms with van der Waals surface area (Å²) in [7, 11) is 0. The third-order valence-electron chi connectivity index (χ3n) is 6.26. The average Bonchev–Trinajstić information content (AvgIpc) is 2.73. The molecule has 0 bridgehead atoms. The van der Waals surface area contributed by atoms with Crippen molar-refractivity contribution in [3.8, 4) is 0 Å². The second-order valence-electron chi connectivity index (χ2n) is 8.20. The molecule has 2 saturated heterocycles. The van der Waals surface area contributed by atoms with Crippen LogP contribution in [0.5, 0.6) is 0 Å². The topological polar surface area (TPSA) is 12.5 Å². The van der Waals surface area contributed by atoms with Gasteiger partial charge in [-0.15, -0.1) is 0 Å². The molecule has 0 N–H and O–H groups in total. The van der Waals surface area contributed by atoms with E-state index in [1.165, 1.54) is 32.2 Å². The molecule has 3 fully saturated rings. The lowest BCUT2D eigenvalue weighted by Crippen LogP contribution is -2.62. The highest BCUT2D eigenvalue weighted by Crippen LogP contribution is 2.48. The lowest BCUT2D eigenvalue weighted by Gasteiger charge is -2.55. The van der Waals surface area contributed by atoms with Gasteiger partial charge in [-0.05, 0) is 50.9 Å². The van der Waals surface area contributed by atoms with Crippen molar-refractivity contribution < 1.29 is 4.74 Å². The second-order valence-corrected chi connectivity index (χ2v) is 8.20. The summed E-state index contributed by atoms with van der Waals surface area (Å²) >= 11 is 0. The van der Waals surface area contributed by atoms with Crippen LogP contribution in [0.1, 0.15) is 60.3 Å². The van der Waals surface area contributed by atoms with Gasteiger partial charge in [-0.3, -0.25) is 4.90 Å². The van der Waals surface area contributed by atoms with Gasteiger partial charge in [0.25, 0.3) is 0 Å². The maximum absolute atomic E-state index is 6.53. The average molecular weight is 265 g/mol. The van der Waals surface area contributed by atoms with E-state index in [2.05, 4.69) is 39.5 Å². The van der Waals surface area contributed by atoms with Gasteiger partial charge in [0, 0.05) is 18.0 Å². The summed E-state index contributed by atoms with van der Waals surface area (Å²) in [5.74, 6) is 3.20. The number of nitrogens with zero attached hydrogens (tertiary/aromatic N) is 1. The Balaban J connectivity index is 1.81. The van der Waals surface area contributed by atoms with E-state index in [0.717, 1.165) is 23.7 Å². The van der Waals surface area contributed by atoms with Crippen molar-refractivity contribution in [1.82, 2.24) is 4.90 Å². The molecule has 1 saturated carbocycles. The zero-order valence-electron chi connectivity index (χ0n) is 13.4. The summed E-state index contributed by atoms with van der Waals surface area (Å²) in [6.07, 6.45) is 6.19. The van der Waals surface area contributed by atoms with E-state index in [1.54, 1.807) is 0 Å². The molecule has 3 rings (SSSR count). The third-order valence-corrected chi connectivity index (χ3v) is 6.26. The first kappa shape index (κ1) is 13.9. The maximum Gasteiger partial charge on any atom is 0.111 e. The lowest BCUT2D eigenvalue weighted by molar-refractivity contribution is -0.217. The Kier molecular flexibility index (Phi) is 3.46.